The molecule has 1 saturated heterocycles. The highest BCUT2D eigenvalue weighted by molar-refractivity contribution is 5.69. The van der Waals surface area contributed by atoms with E-state index in [2.05, 4.69) is 6.07 Å². The van der Waals surface area contributed by atoms with E-state index in [0.29, 0.717) is 19.5 Å². The maximum absolute atomic E-state index is 12.6. The van der Waals surface area contributed by atoms with E-state index in [1.165, 1.54) is 4.90 Å². The number of hydrogen-bond donors (Lipinski definition) is 0. The van der Waals surface area contributed by atoms with Gasteiger partial charge < -0.3 is 19.3 Å². The molecular weight excluding hydrogens is 394 g/mol. The van der Waals surface area contributed by atoms with Gasteiger partial charge in [0.05, 0.1) is 18.5 Å². The average molecular weight is 421 g/mol. The zero-order valence-corrected chi connectivity index (χ0v) is 17.6. The van der Waals surface area contributed by atoms with Crippen LogP contribution in [0.5, 0.6) is 0 Å². The molecule has 1 aliphatic rings. The number of rotatable bonds is 7. The zero-order valence-electron chi connectivity index (χ0n) is 17.6. The summed E-state index contributed by atoms with van der Waals surface area (Å²) >= 11 is 0. The summed E-state index contributed by atoms with van der Waals surface area (Å²) < 4.78 is 10.8. The standard InChI is InChI=1S/C24H27N3O4/c1-26(23(28)30-17-19-8-4-2-5-9-19)22(12-14-25)21-13-15-27(16-21)24(29)31-18-20-10-6-3-7-11-20/h2-11,21-22H,12-13,15-18H2,1H3/t21-,22+/m1/s1. The van der Waals surface area contributed by atoms with E-state index >= 15 is 0 Å². The first-order valence-electron chi connectivity index (χ1n) is 10.3. The Labute approximate surface area is 182 Å². The van der Waals surface area contributed by atoms with Crippen LogP contribution in [0.2, 0.25) is 0 Å². The summed E-state index contributed by atoms with van der Waals surface area (Å²) in [7, 11) is 1.64. The number of hydrogen-bond acceptors (Lipinski definition) is 5. The fourth-order valence-electron chi connectivity index (χ4n) is 3.75. The van der Waals surface area contributed by atoms with Gasteiger partial charge in [0, 0.05) is 20.1 Å². The van der Waals surface area contributed by atoms with Crippen molar-refractivity contribution in [1.82, 2.24) is 9.80 Å². The molecule has 1 fully saturated rings. The molecule has 2 aromatic carbocycles. The number of benzene rings is 2. The van der Waals surface area contributed by atoms with Gasteiger partial charge in [0.1, 0.15) is 13.2 Å². The van der Waals surface area contributed by atoms with Gasteiger partial charge in [-0.05, 0) is 23.5 Å². The van der Waals surface area contributed by atoms with E-state index in [-0.39, 0.29) is 37.7 Å². The predicted molar refractivity (Wildman–Crippen MR) is 115 cm³/mol. The maximum atomic E-state index is 12.6. The monoisotopic (exact) mass is 421 g/mol. The Morgan fingerprint density at radius 1 is 1.06 bits per heavy atom. The van der Waals surface area contributed by atoms with Gasteiger partial charge in [0.15, 0.2) is 0 Å². The molecule has 0 radical (unpaired) electrons. The zero-order chi connectivity index (χ0) is 22.1. The van der Waals surface area contributed by atoms with E-state index in [1.54, 1.807) is 11.9 Å². The highest BCUT2D eigenvalue weighted by Crippen LogP contribution is 2.26. The Balaban J connectivity index is 1.52. The van der Waals surface area contributed by atoms with E-state index in [0.717, 1.165) is 11.1 Å². The fourth-order valence-corrected chi connectivity index (χ4v) is 3.75. The van der Waals surface area contributed by atoms with Crippen molar-refractivity contribution in [2.75, 3.05) is 20.1 Å². The van der Waals surface area contributed by atoms with Crippen molar-refractivity contribution in [3.05, 3.63) is 71.8 Å². The SMILES string of the molecule is CN(C(=O)OCc1ccccc1)[C@@H](CC#N)[C@@H]1CCN(C(=O)OCc2ccccc2)C1. The third-order valence-corrected chi connectivity index (χ3v) is 5.52. The van der Waals surface area contributed by atoms with Gasteiger partial charge in [-0.25, -0.2) is 9.59 Å². The minimum atomic E-state index is -0.478. The molecule has 0 aliphatic carbocycles. The van der Waals surface area contributed by atoms with Gasteiger partial charge in [-0.1, -0.05) is 60.7 Å². The molecule has 0 N–H and O–H groups in total. The number of nitrogens with zero attached hydrogens (tertiary/aromatic N) is 3. The van der Waals surface area contributed by atoms with Crippen LogP contribution < -0.4 is 0 Å². The van der Waals surface area contributed by atoms with Gasteiger partial charge in [-0.3, -0.25) is 0 Å². The number of nitriles is 1. The van der Waals surface area contributed by atoms with E-state index < -0.39 is 6.09 Å². The van der Waals surface area contributed by atoms with E-state index in [4.69, 9.17) is 9.47 Å². The van der Waals surface area contributed by atoms with E-state index in [9.17, 15) is 14.9 Å². The summed E-state index contributed by atoms with van der Waals surface area (Å²) in [6, 6.07) is 20.8. The van der Waals surface area contributed by atoms with Gasteiger partial charge in [0.2, 0.25) is 0 Å². The molecule has 7 heteroatoms. The van der Waals surface area contributed by atoms with Gasteiger partial charge >= 0.3 is 12.2 Å². The lowest BCUT2D eigenvalue weighted by molar-refractivity contribution is 0.0781. The Morgan fingerprint density at radius 3 is 2.23 bits per heavy atom. The Bertz CT molecular complexity index is 898. The van der Waals surface area contributed by atoms with E-state index in [1.807, 2.05) is 60.7 Å². The number of amides is 2. The second-order valence-corrected chi connectivity index (χ2v) is 7.62. The van der Waals surface area contributed by atoms with Crippen LogP contribution in [0.1, 0.15) is 24.0 Å². The minimum Gasteiger partial charge on any atom is -0.445 e. The molecule has 0 bridgehead atoms. The Hall–Kier alpha value is -3.53. The first-order valence-corrected chi connectivity index (χ1v) is 10.3. The number of likely N-dealkylation sites (tertiary alicyclic amines) is 1. The molecule has 2 aromatic rings. The van der Waals surface area contributed by atoms with Crippen LogP contribution >= 0.6 is 0 Å². The van der Waals surface area contributed by atoms with Crippen molar-refractivity contribution < 1.29 is 19.1 Å². The molecule has 7 nitrogen and oxygen atoms in total. The summed E-state index contributed by atoms with van der Waals surface area (Å²) in [5.74, 6) is -0.0156. The molecule has 162 valence electrons. The largest absolute Gasteiger partial charge is 0.445 e. The lowest BCUT2D eigenvalue weighted by atomic mass is 9.95. The minimum absolute atomic E-state index is 0.0156. The van der Waals surface area contributed by atoms with Crippen LogP contribution in [0.15, 0.2) is 60.7 Å². The lowest BCUT2D eigenvalue weighted by Crippen LogP contribution is -2.43. The van der Waals surface area contributed by atoms with Crippen LogP contribution in [-0.4, -0.2) is 48.2 Å². The highest BCUT2D eigenvalue weighted by atomic mass is 16.6. The molecule has 2 amide bonds. The quantitative estimate of drug-likeness (QED) is 0.669. The topological polar surface area (TPSA) is 82.9 Å². The number of ether oxygens (including phenoxy) is 2. The molecule has 2 atom stereocenters. The van der Waals surface area contributed by atoms with Crippen molar-refractivity contribution in [3.8, 4) is 6.07 Å². The Morgan fingerprint density at radius 2 is 1.65 bits per heavy atom. The molecular formula is C24H27N3O4. The second kappa shape index (κ2) is 11.0. The summed E-state index contributed by atoms with van der Waals surface area (Å²) in [5, 5.41) is 9.29. The summed E-state index contributed by atoms with van der Waals surface area (Å²) in [4.78, 5) is 28.1. The van der Waals surface area contributed by atoms with Crippen LogP contribution in [0.3, 0.4) is 0 Å². The molecule has 1 aliphatic heterocycles. The van der Waals surface area contributed by atoms with Crippen molar-refractivity contribution >= 4 is 12.2 Å². The molecule has 31 heavy (non-hydrogen) atoms. The third-order valence-electron chi connectivity index (χ3n) is 5.52. The fraction of sp³-hybridized carbons (Fsp3) is 0.375. The molecule has 0 unspecified atom stereocenters. The van der Waals surface area contributed by atoms with Gasteiger partial charge in [-0.2, -0.15) is 5.26 Å². The smallest absolute Gasteiger partial charge is 0.410 e. The molecule has 1 heterocycles. The van der Waals surface area contributed by atoms with Crippen molar-refractivity contribution in [3.63, 3.8) is 0 Å². The summed E-state index contributed by atoms with van der Waals surface area (Å²) in [6.07, 6.45) is 0.0167. The normalized spacial score (nSPS) is 16.3. The second-order valence-electron chi connectivity index (χ2n) is 7.62. The van der Waals surface area contributed by atoms with Crippen LogP contribution in [0.25, 0.3) is 0 Å². The maximum Gasteiger partial charge on any atom is 0.410 e. The van der Waals surface area contributed by atoms with Crippen LogP contribution in [-0.2, 0) is 22.7 Å². The molecule has 0 spiro atoms. The highest BCUT2D eigenvalue weighted by Gasteiger charge is 2.36. The summed E-state index contributed by atoms with van der Waals surface area (Å²) in [6.45, 7) is 1.36. The Kier molecular flexibility index (Phi) is 7.88. The van der Waals surface area contributed by atoms with Gasteiger partial charge in [0.25, 0.3) is 0 Å². The van der Waals surface area contributed by atoms with Crippen LogP contribution in [0.4, 0.5) is 9.59 Å². The molecule has 0 saturated carbocycles. The predicted octanol–water partition coefficient (Wildman–Crippen LogP) is 4.20. The average Bonchev–Trinajstić information content (AvgIpc) is 3.30. The van der Waals surface area contributed by atoms with Gasteiger partial charge in [-0.15, -0.1) is 0 Å². The first-order chi connectivity index (χ1) is 15.1. The van der Waals surface area contributed by atoms with Crippen molar-refractivity contribution in [2.24, 2.45) is 5.92 Å². The number of carbonyl (C=O) groups excluding carboxylic acids is 2. The lowest BCUT2D eigenvalue weighted by Gasteiger charge is -2.30. The van der Waals surface area contributed by atoms with Crippen LogP contribution in [0, 0.1) is 17.2 Å². The molecule has 3 rings (SSSR count). The first kappa shape index (κ1) is 22.2. The van der Waals surface area contributed by atoms with Crippen molar-refractivity contribution in [1.29, 1.82) is 5.26 Å². The van der Waals surface area contributed by atoms with Crippen molar-refractivity contribution in [2.45, 2.75) is 32.1 Å². The summed E-state index contributed by atoms with van der Waals surface area (Å²) in [5.41, 5.74) is 1.82. The third kappa shape index (κ3) is 6.22. The number of carbonyl (C=O) groups is 2. The molecule has 0 aromatic heterocycles.